The van der Waals surface area contributed by atoms with E-state index in [1.54, 1.807) is 11.3 Å². The predicted molar refractivity (Wildman–Crippen MR) is 59.5 cm³/mol. The fourth-order valence-corrected chi connectivity index (χ4v) is 1.70. The summed E-state index contributed by atoms with van der Waals surface area (Å²) in [5.74, 6) is 0. The monoisotopic (exact) mass is 214 g/mol. The Kier molecular flexibility index (Phi) is 6.57. The van der Waals surface area contributed by atoms with E-state index < -0.39 is 0 Å². The van der Waals surface area contributed by atoms with Crippen molar-refractivity contribution in [1.82, 2.24) is 10.3 Å². The number of rotatable bonds is 8. The van der Waals surface area contributed by atoms with Crippen LogP contribution in [0, 0.1) is 0 Å². The Bertz CT molecular complexity index is 214. The summed E-state index contributed by atoms with van der Waals surface area (Å²) in [5, 5.41) is 5.43. The van der Waals surface area contributed by atoms with Crippen LogP contribution in [0.2, 0.25) is 0 Å². The highest BCUT2D eigenvalue weighted by molar-refractivity contribution is 7.07. The Balaban J connectivity index is 1.85. The van der Waals surface area contributed by atoms with Crippen molar-refractivity contribution < 1.29 is 4.74 Å². The standard InChI is InChI=1S/C10H18N2OS/c1-2-13-6-4-3-5-11-7-10-8-14-9-12-10/h8-9,11H,2-7H2,1H3. The zero-order valence-corrected chi connectivity index (χ0v) is 9.48. The van der Waals surface area contributed by atoms with Crippen molar-refractivity contribution in [2.75, 3.05) is 19.8 Å². The van der Waals surface area contributed by atoms with Crippen molar-refractivity contribution in [3.05, 3.63) is 16.6 Å². The van der Waals surface area contributed by atoms with Gasteiger partial charge in [-0.2, -0.15) is 0 Å². The highest BCUT2D eigenvalue weighted by atomic mass is 32.1. The van der Waals surface area contributed by atoms with Gasteiger partial charge in [0.15, 0.2) is 0 Å². The van der Waals surface area contributed by atoms with E-state index in [2.05, 4.69) is 15.7 Å². The van der Waals surface area contributed by atoms with Crippen molar-refractivity contribution in [1.29, 1.82) is 0 Å². The molecule has 0 aromatic carbocycles. The maximum absolute atomic E-state index is 5.25. The van der Waals surface area contributed by atoms with Gasteiger partial charge in [-0.3, -0.25) is 0 Å². The number of aromatic nitrogens is 1. The molecule has 1 rings (SSSR count). The van der Waals surface area contributed by atoms with Crippen LogP contribution >= 0.6 is 11.3 Å². The van der Waals surface area contributed by atoms with Crippen LogP contribution in [-0.4, -0.2) is 24.7 Å². The maximum Gasteiger partial charge on any atom is 0.0795 e. The van der Waals surface area contributed by atoms with E-state index in [0.717, 1.165) is 38.4 Å². The molecule has 0 saturated carbocycles. The minimum atomic E-state index is 0.826. The molecule has 80 valence electrons. The second kappa shape index (κ2) is 7.91. The lowest BCUT2D eigenvalue weighted by Crippen LogP contribution is -2.15. The molecule has 0 aliphatic heterocycles. The second-order valence-corrected chi connectivity index (χ2v) is 3.78. The van der Waals surface area contributed by atoms with Crippen LogP contribution in [-0.2, 0) is 11.3 Å². The molecule has 0 amide bonds. The predicted octanol–water partition coefficient (Wildman–Crippen LogP) is 2.05. The molecule has 0 unspecified atom stereocenters. The van der Waals surface area contributed by atoms with Crippen molar-refractivity contribution in [3.8, 4) is 0 Å². The summed E-state index contributed by atoms with van der Waals surface area (Å²) in [6, 6.07) is 0. The molecule has 0 radical (unpaired) electrons. The van der Waals surface area contributed by atoms with Gasteiger partial charge >= 0.3 is 0 Å². The average molecular weight is 214 g/mol. The Morgan fingerprint density at radius 3 is 3.14 bits per heavy atom. The molecular weight excluding hydrogens is 196 g/mol. The second-order valence-electron chi connectivity index (χ2n) is 3.06. The van der Waals surface area contributed by atoms with E-state index in [4.69, 9.17) is 4.74 Å². The third-order valence-corrected chi connectivity index (χ3v) is 2.52. The summed E-state index contributed by atoms with van der Waals surface area (Å²) < 4.78 is 5.25. The summed E-state index contributed by atoms with van der Waals surface area (Å²) in [4.78, 5) is 4.19. The van der Waals surface area contributed by atoms with E-state index in [0.29, 0.717) is 0 Å². The third-order valence-electron chi connectivity index (χ3n) is 1.89. The SMILES string of the molecule is CCOCCCCNCc1cscn1. The Morgan fingerprint density at radius 2 is 2.43 bits per heavy atom. The molecule has 1 aromatic heterocycles. The van der Waals surface area contributed by atoms with Crippen LogP contribution in [0.4, 0.5) is 0 Å². The summed E-state index contributed by atoms with van der Waals surface area (Å²) >= 11 is 1.64. The molecular formula is C10H18N2OS. The molecule has 0 fully saturated rings. The van der Waals surface area contributed by atoms with Crippen LogP contribution in [0.5, 0.6) is 0 Å². The van der Waals surface area contributed by atoms with Crippen molar-refractivity contribution >= 4 is 11.3 Å². The largest absolute Gasteiger partial charge is 0.382 e. The smallest absolute Gasteiger partial charge is 0.0795 e. The molecule has 0 saturated heterocycles. The lowest BCUT2D eigenvalue weighted by molar-refractivity contribution is 0.143. The number of hydrogen-bond acceptors (Lipinski definition) is 4. The molecule has 3 nitrogen and oxygen atoms in total. The lowest BCUT2D eigenvalue weighted by atomic mass is 10.3. The molecule has 14 heavy (non-hydrogen) atoms. The first-order chi connectivity index (χ1) is 6.93. The van der Waals surface area contributed by atoms with Gasteiger partial charge in [-0.15, -0.1) is 11.3 Å². The van der Waals surface area contributed by atoms with Gasteiger partial charge in [-0.25, -0.2) is 4.98 Å². The summed E-state index contributed by atoms with van der Waals surface area (Å²) in [7, 11) is 0. The molecule has 1 heterocycles. The summed E-state index contributed by atoms with van der Waals surface area (Å²) in [6.07, 6.45) is 2.31. The molecule has 0 atom stereocenters. The Morgan fingerprint density at radius 1 is 1.50 bits per heavy atom. The lowest BCUT2D eigenvalue weighted by Gasteiger charge is -2.02. The molecule has 0 bridgehead atoms. The summed E-state index contributed by atoms with van der Waals surface area (Å²) in [5.41, 5.74) is 3.01. The van der Waals surface area contributed by atoms with Gasteiger partial charge in [0.05, 0.1) is 11.2 Å². The van der Waals surface area contributed by atoms with Gasteiger partial charge in [0.25, 0.3) is 0 Å². The fraction of sp³-hybridized carbons (Fsp3) is 0.700. The normalized spacial score (nSPS) is 10.6. The molecule has 1 N–H and O–H groups in total. The van der Waals surface area contributed by atoms with E-state index >= 15 is 0 Å². The minimum Gasteiger partial charge on any atom is -0.382 e. The number of nitrogens with one attached hydrogen (secondary N) is 1. The average Bonchev–Trinajstić information content (AvgIpc) is 2.69. The number of unbranched alkanes of at least 4 members (excludes halogenated alkanes) is 1. The first-order valence-electron chi connectivity index (χ1n) is 5.09. The number of thiazole rings is 1. The van der Waals surface area contributed by atoms with E-state index in [9.17, 15) is 0 Å². The quantitative estimate of drug-likeness (QED) is 0.673. The van der Waals surface area contributed by atoms with E-state index in [1.165, 1.54) is 6.42 Å². The fourth-order valence-electron chi connectivity index (χ4n) is 1.14. The van der Waals surface area contributed by atoms with Crippen LogP contribution in [0.3, 0.4) is 0 Å². The zero-order valence-electron chi connectivity index (χ0n) is 8.66. The number of nitrogens with zero attached hydrogens (tertiary/aromatic N) is 1. The molecule has 4 heteroatoms. The van der Waals surface area contributed by atoms with Crippen molar-refractivity contribution in [3.63, 3.8) is 0 Å². The summed E-state index contributed by atoms with van der Waals surface area (Å²) in [6.45, 7) is 5.67. The van der Waals surface area contributed by atoms with Gasteiger partial charge in [-0.1, -0.05) is 0 Å². The first kappa shape index (κ1) is 11.6. The highest BCUT2D eigenvalue weighted by Crippen LogP contribution is 1.99. The van der Waals surface area contributed by atoms with E-state index in [1.807, 2.05) is 12.4 Å². The van der Waals surface area contributed by atoms with Crippen molar-refractivity contribution in [2.24, 2.45) is 0 Å². The Labute approximate surface area is 89.5 Å². The van der Waals surface area contributed by atoms with Crippen molar-refractivity contribution in [2.45, 2.75) is 26.3 Å². The van der Waals surface area contributed by atoms with Gasteiger partial charge in [-0.05, 0) is 26.3 Å². The van der Waals surface area contributed by atoms with Gasteiger partial charge in [0, 0.05) is 25.1 Å². The topological polar surface area (TPSA) is 34.1 Å². The molecule has 0 spiro atoms. The van der Waals surface area contributed by atoms with Gasteiger partial charge in [0.2, 0.25) is 0 Å². The minimum absolute atomic E-state index is 0.826. The third kappa shape index (κ3) is 5.32. The molecule has 1 aromatic rings. The molecule has 0 aliphatic rings. The van der Waals surface area contributed by atoms with E-state index in [-0.39, 0.29) is 0 Å². The Hall–Kier alpha value is -0.450. The van der Waals surface area contributed by atoms with Crippen LogP contribution in [0.1, 0.15) is 25.5 Å². The zero-order chi connectivity index (χ0) is 10.1. The van der Waals surface area contributed by atoms with Crippen LogP contribution in [0.25, 0.3) is 0 Å². The van der Waals surface area contributed by atoms with Crippen LogP contribution < -0.4 is 5.32 Å². The molecule has 0 aliphatic carbocycles. The number of hydrogen-bond donors (Lipinski definition) is 1. The van der Waals surface area contributed by atoms with Gasteiger partial charge < -0.3 is 10.1 Å². The number of ether oxygens (including phenoxy) is 1. The maximum atomic E-state index is 5.25. The first-order valence-corrected chi connectivity index (χ1v) is 6.03. The highest BCUT2D eigenvalue weighted by Gasteiger charge is 1.93. The van der Waals surface area contributed by atoms with Gasteiger partial charge in [0.1, 0.15) is 0 Å². The van der Waals surface area contributed by atoms with Crippen LogP contribution in [0.15, 0.2) is 10.9 Å².